The summed E-state index contributed by atoms with van der Waals surface area (Å²) in [5.74, 6) is -12.2. The van der Waals surface area contributed by atoms with Gasteiger partial charge in [0.05, 0.1) is 0 Å². The molecule has 0 aliphatic rings. The van der Waals surface area contributed by atoms with Gasteiger partial charge in [-0.25, -0.2) is 25.6 Å². The topological polar surface area (TPSA) is 43.4 Å². The fourth-order valence-electron chi connectivity index (χ4n) is 4.61. The van der Waals surface area contributed by atoms with Crippen molar-refractivity contribution >= 4 is 20.4 Å². The first-order valence-electron chi connectivity index (χ1n) is 12.6. The average Bonchev–Trinajstić information content (AvgIpc) is 2.98. The van der Waals surface area contributed by atoms with E-state index in [1.807, 2.05) is 32.9 Å². The molecule has 4 aromatic carbocycles. The highest BCUT2D eigenvalue weighted by Crippen LogP contribution is 2.72. The molecule has 0 amide bonds. The molecule has 4 aromatic rings. The Balaban J connectivity index is 2.19. The minimum absolute atomic E-state index is 0.363. The van der Waals surface area contributed by atoms with Crippen LogP contribution in [0.1, 0.15) is 37.5 Å². The molecule has 0 aliphatic carbocycles. The summed E-state index contributed by atoms with van der Waals surface area (Å²) < 4.78 is 106. The van der Waals surface area contributed by atoms with Gasteiger partial charge in [-0.05, 0) is 70.5 Å². The van der Waals surface area contributed by atoms with Crippen molar-refractivity contribution < 1.29 is 34.0 Å². The highest BCUT2D eigenvalue weighted by molar-refractivity contribution is 8.33. The van der Waals surface area contributed by atoms with Gasteiger partial charge in [0.2, 0.25) is 5.82 Å². The van der Waals surface area contributed by atoms with Gasteiger partial charge < -0.3 is 0 Å². The van der Waals surface area contributed by atoms with E-state index in [9.17, 15) is 30.4 Å². The number of hydrogen-bond acceptors (Lipinski definition) is 3. The summed E-state index contributed by atoms with van der Waals surface area (Å²) in [4.78, 5) is -0.807. The summed E-state index contributed by atoms with van der Waals surface area (Å²) >= 11 is 0. The van der Waals surface area contributed by atoms with Crippen molar-refractivity contribution in [3.05, 3.63) is 119 Å². The highest BCUT2D eigenvalue weighted by Gasteiger charge is 2.44. The third-order valence-electron chi connectivity index (χ3n) is 6.52. The molecular weight excluding hydrogens is 567 g/mol. The predicted molar refractivity (Wildman–Crippen MR) is 144 cm³/mol. The summed E-state index contributed by atoms with van der Waals surface area (Å²) in [5, 5.41) is 0. The molecule has 0 saturated heterocycles. The minimum Gasteiger partial charge on any atom is -0.203 e. The second kappa shape index (κ2) is 11.7. The van der Waals surface area contributed by atoms with E-state index in [0.29, 0.717) is 33.9 Å². The zero-order valence-electron chi connectivity index (χ0n) is 22.0. The monoisotopic (exact) mass is 594 g/mol. The second-order valence-electron chi connectivity index (χ2n) is 8.91. The van der Waals surface area contributed by atoms with Gasteiger partial charge >= 0.3 is 10.1 Å². The molecule has 0 saturated carbocycles. The third kappa shape index (κ3) is 5.04. The van der Waals surface area contributed by atoms with Crippen LogP contribution in [0.3, 0.4) is 0 Å². The lowest BCUT2D eigenvalue weighted by atomic mass is 10.0. The van der Waals surface area contributed by atoms with E-state index in [4.69, 9.17) is 3.63 Å². The van der Waals surface area contributed by atoms with Crippen LogP contribution < -0.4 is 0 Å². The zero-order chi connectivity index (χ0) is 29.2. The molecule has 40 heavy (non-hydrogen) atoms. The standard InChI is InChI=1S/C30H27F5O3S2/c1-4-19-17-20(5-2)29(21(6-3)18-19)39(22-13-9-7-10-14-22,23-15-11-8-12-16-23)38-40(36,37)30-27(34)25(32)24(31)26(33)28(30)35/h7-18H,4-6H2,1-3H3. The van der Waals surface area contributed by atoms with Crippen LogP contribution in [0.2, 0.25) is 0 Å². The van der Waals surface area contributed by atoms with Gasteiger partial charge in [-0.2, -0.15) is 8.42 Å². The summed E-state index contributed by atoms with van der Waals surface area (Å²) in [6.45, 7) is 5.75. The zero-order valence-corrected chi connectivity index (χ0v) is 23.6. The maximum Gasteiger partial charge on any atom is 0.313 e. The van der Waals surface area contributed by atoms with Gasteiger partial charge in [0.1, 0.15) is 0 Å². The Morgan fingerprint density at radius 1 is 0.575 bits per heavy atom. The lowest BCUT2D eigenvalue weighted by Gasteiger charge is -2.42. The molecule has 0 atom stereocenters. The Morgan fingerprint density at radius 2 is 0.975 bits per heavy atom. The molecule has 0 radical (unpaired) electrons. The van der Waals surface area contributed by atoms with E-state index in [2.05, 4.69) is 0 Å². The van der Waals surface area contributed by atoms with E-state index < -0.39 is 54.4 Å². The van der Waals surface area contributed by atoms with E-state index in [1.54, 1.807) is 60.7 Å². The first kappa shape index (κ1) is 29.8. The van der Waals surface area contributed by atoms with Crippen LogP contribution in [0, 0.1) is 29.1 Å². The molecule has 0 aromatic heterocycles. The van der Waals surface area contributed by atoms with E-state index in [-0.39, 0.29) is 0 Å². The first-order chi connectivity index (χ1) is 19.0. The second-order valence-corrected chi connectivity index (χ2v) is 13.2. The average molecular weight is 595 g/mol. The van der Waals surface area contributed by atoms with Crippen molar-refractivity contribution in [2.45, 2.75) is 59.6 Å². The van der Waals surface area contributed by atoms with Crippen LogP contribution in [0.5, 0.6) is 0 Å². The van der Waals surface area contributed by atoms with Crippen LogP contribution in [-0.2, 0) is 33.0 Å². The van der Waals surface area contributed by atoms with Gasteiger partial charge in [0, 0.05) is 14.7 Å². The molecule has 212 valence electrons. The van der Waals surface area contributed by atoms with Crippen molar-refractivity contribution in [3.63, 3.8) is 0 Å². The van der Waals surface area contributed by atoms with Crippen LogP contribution >= 0.6 is 10.3 Å². The van der Waals surface area contributed by atoms with Gasteiger partial charge in [-0.15, -0.1) is 0 Å². The largest absolute Gasteiger partial charge is 0.313 e. The van der Waals surface area contributed by atoms with Crippen molar-refractivity contribution in [2.24, 2.45) is 0 Å². The van der Waals surface area contributed by atoms with Crippen molar-refractivity contribution in [3.8, 4) is 0 Å². The summed E-state index contributed by atoms with van der Waals surface area (Å²) in [5.41, 5.74) is 2.48. The molecule has 0 N–H and O–H groups in total. The van der Waals surface area contributed by atoms with Crippen molar-refractivity contribution in [1.29, 1.82) is 0 Å². The molecule has 0 unspecified atom stereocenters. The van der Waals surface area contributed by atoms with Gasteiger partial charge in [0.15, 0.2) is 28.2 Å². The molecule has 10 heteroatoms. The van der Waals surface area contributed by atoms with Gasteiger partial charge in [-0.3, -0.25) is 0 Å². The summed E-state index contributed by atoms with van der Waals surface area (Å²) in [6.07, 6.45) is 1.61. The van der Waals surface area contributed by atoms with E-state index in [1.165, 1.54) is 0 Å². The maximum absolute atomic E-state index is 14.9. The van der Waals surface area contributed by atoms with Crippen LogP contribution in [0.4, 0.5) is 22.0 Å². The van der Waals surface area contributed by atoms with Gasteiger partial charge in [-0.1, -0.05) is 69.3 Å². The minimum atomic E-state index is -5.61. The fraction of sp³-hybridized carbons (Fsp3) is 0.200. The van der Waals surface area contributed by atoms with E-state index in [0.717, 1.165) is 16.7 Å². The smallest absolute Gasteiger partial charge is 0.203 e. The summed E-state index contributed by atoms with van der Waals surface area (Å²) in [6, 6.07) is 20.4. The molecule has 0 heterocycles. The van der Waals surface area contributed by atoms with Crippen LogP contribution in [0.15, 0.2) is 92.4 Å². The number of aryl methyl sites for hydroxylation is 3. The maximum atomic E-state index is 14.9. The lowest BCUT2D eigenvalue weighted by Crippen LogP contribution is -2.20. The quantitative estimate of drug-likeness (QED) is 0.111. The molecule has 0 aliphatic heterocycles. The highest BCUT2D eigenvalue weighted by atomic mass is 32.3. The predicted octanol–water partition coefficient (Wildman–Crippen LogP) is 8.67. The van der Waals surface area contributed by atoms with E-state index >= 15 is 0 Å². The molecule has 4 rings (SSSR count). The molecule has 0 spiro atoms. The number of hydrogen-bond donors (Lipinski definition) is 0. The normalized spacial score (nSPS) is 12.5. The molecule has 0 fully saturated rings. The Morgan fingerprint density at radius 3 is 1.35 bits per heavy atom. The molecule has 3 nitrogen and oxygen atoms in total. The number of halogens is 5. The lowest BCUT2D eigenvalue weighted by molar-refractivity contribution is 0.353. The number of rotatable bonds is 9. The number of benzene rings is 4. The summed E-state index contributed by atoms with van der Waals surface area (Å²) in [7, 11) is -8.99. The van der Waals surface area contributed by atoms with Crippen molar-refractivity contribution in [1.82, 2.24) is 0 Å². The fourth-order valence-corrected chi connectivity index (χ4v) is 10.4. The molecule has 0 bridgehead atoms. The Hall–Kier alpha value is -3.21. The first-order valence-corrected chi connectivity index (χ1v) is 15.6. The third-order valence-corrected chi connectivity index (χ3v) is 11.9. The Labute approximate surface area is 232 Å². The van der Waals surface area contributed by atoms with Crippen LogP contribution in [-0.4, -0.2) is 8.42 Å². The Kier molecular flexibility index (Phi) is 8.72. The molecular formula is C30H27F5O3S2. The Bertz CT molecular complexity index is 1550. The SMILES string of the molecule is CCc1cc(CC)c(S(OS(=O)(=O)c2c(F)c(F)c(F)c(F)c2F)(c2ccccc2)c2ccccc2)c(CC)c1. The van der Waals surface area contributed by atoms with Crippen molar-refractivity contribution in [2.75, 3.05) is 0 Å². The van der Waals surface area contributed by atoms with Gasteiger partial charge in [0.25, 0.3) is 0 Å². The van der Waals surface area contributed by atoms with Crippen LogP contribution in [0.25, 0.3) is 0 Å².